The van der Waals surface area contributed by atoms with Gasteiger partial charge in [-0.1, -0.05) is 137 Å². The van der Waals surface area contributed by atoms with Crippen LogP contribution in [0.15, 0.2) is 146 Å². The van der Waals surface area contributed by atoms with Crippen LogP contribution in [0.5, 0.6) is 0 Å². The van der Waals surface area contributed by atoms with E-state index in [1.165, 1.54) is 119 Å². The van der Waals surface area contributed by atoms with E-state index in [-0.39, 0.29) is 0 Å². The lowest BCUT2D eigenvalue weighted by atomic mass is 9.67. The van der Waals surface area contributed by atoms with E-state index in [1.54, 1.807) is 0 Å². The molecule has 3 aliphatic rings. The van der Waals surface area contributed by atoms with Crippen LogP contribution in [-0.2, 0) is 5.41 Å². The molecule has 0 aromatic heterocycles. The third-order valence-electron chi connectivity index (χ3n) is 13.2. The number of anilines is 4. The van der Waals surface area contributed by atoms with Crippen molar-refractivity contribution >= 4 is 22.7 Å². The molecule has 0 amide bonds. The van der Waals surface area contributed by atoms with Gasteiger partial charge in [-0.25, -0.2) is 0 Å². The van der Waals surface area contributed by atoms with Crippen LogP contribution in [0.3, 0.4) is 0 Å². The standard InChI is InChI=1S/C53H56N2/c1-37-13-9-17-45(33-37)54(46-18-10-14-38(2)34-46)43-29-25-41(26-30-43)53(51-23-7-5-21-49(51)50-22-6-8-24-52(50)53)42-27-31-44(32-28-42)55(47-19-11-15-39(3)35-47)48-20-12-16-40(4)36-48/h5-9,11,13,15,17,19,21-33,35,38,40,46,48H,10,12,14,16,18,20,34,36H2,1-4H3/t38-,40?,46?,48?/m0/s1. The van der Waals surface area contributed by atoms with Gasteiger partial charge in [-0.15, -0.1) is 0 Å². The second-order valence-electron chi connectivity index (χ2n) is 17.2. The van der Waals surface area contributed by atoms with Gasteiger partial charge in [0.2, 0.25) is 0 Å². The molecule has 4 atom stereocenters. The van der Waals surface area contributed by atoms with Crippen molar-refractivity contribution in [3.63, 3.8) is 0 Å². The molecule has 0 aliphatic heterocycles. The molecule has 3 aliphatic carbocycles. The second-order valence-corrected chi connectivity index (χ2v) is 17.2. The van der Waals surface area contributed by atoms with E-state index >= 15 is 0 Å². The summed E-state index contributed by atoms with van der Waals surface area (Å²) in [7, 11) is 0. The molecular formula is C53H56N2. The molecule has 55 heavy (non-hydrogen) atoms. The minimum absolute atomic E-state index is 0.439. The van der Waals surface area contributed by atoms with Crippen LogP contribution >= 0.6 is 0 Å². The maximum absolute atomic E-state index is 2.65. The van der Waals surface area contributed by atoms with Gasteiger partial charge in [0, 0.05) is 34.8 Å². The number of aryl methyl sites for hydroxylation is 2. The lowest BCUT2D eigenvalue weighted by Crippen LogP contribution is -2.35. The van der Waals surface area contributed by atoms with E-state index < -0.39 is 5.41 Å². The number of fused-ring (bicyclic) bond motifs is 3. The van der Waals surface area contributed by atoms with Crippen molar-refractivity contribution in [1.29, 1.82) is 0 Å². The third-order valence-corrected chi connectivity index (χ3v) is 13.2. The molecule has 0 bridgehead atoms. The van der Waals surface area contributed by atoms with E-state index in [9.17, 15) is 0 Å². The van der Waals surface area contributed by atoms with Gasteiger partial charge in [0.15, 0.2) is 0 Å². The van der Waals surface area contributed by atoms with Gasteiger partial charge in [0.05, 0.1) is 5.41 Å². The van der Waals surface area contributed by atoms with Crippen molar-refractivity contribution in [2.24, 2.45) is 11.8 Å². The van der Waals surface area contributed by atoms with E-state index in [0.717, 1.165) is 11.8 Å². The first kappa shape index (κ1) is 35.6. The van der Waals surface area contributed by atoms with E-state index in [0.29, 0.717) is 12.1 Å². The van der Waals surface area contributed by atoms with E-state index in [2.05, 4.69) is 183 Å². The summed E-state index contributed by atoms with van der Waals surface area (Å²) in [4.78, 5) is 5.30. The molecule has 0 heterocycles. The first-order valence-electron chi connectivity index (χ1n) is 21.0. The molecule has 2 saturated carbocycles. The minimum Gasteiger partial charge on any atom is -0.338 e. The molecule has 0 radical (unpaired) electrons. The average Bonchev–Trinajstić information content (AvgIpc) is 3.50. The van der Waals surface area contributed by atoms with Crippen molar-refractivity contribution in [3.05, 3.63) is 179 Å². The van der Waals surface area contributed by atoms with Crippen LogP contribution in [-0.4, -0.2) is 12.1 Å². The van der Waals surface area contributed by atoms with Crippen LogP contribution in [0.2, 0.25) is 0 Å². The molecule has 6 aromatic carbocycles. The fourth-order valence-corrected chi connectivity index (χ4v) is 10.7. The second kappa shape index (κ2) is 14.9. The molecule has 6 aromatic rings. The molecular weight excluding hydrogens is 665 g/mol. The molecule has 0 N–H and O–H groups in total. The van der Waals surface area contributed by atoms with Crippen molar-refractivity contribution in [2.45, 2.75) is 96.6 Å². The summed E-state index contributed by atoms with van der Waals surface area (Å²) in [6, 6.07) is 56.9. The van der Waals surface area contributed by atoms with Crippen LogP contribution in [0.1, 0.15) is 98.6 Å². The first-order valence-corrected chi connectivity index (χ1v) is 21.0. The van der Waals surface area contributed by atoms with Crippen molar-refractivity contribution in [2.75, 3.05) is 9.80 Å². The summed E-state index contributed by atoms with van der Waals surface area (Å²) < 4.78 is 0. The fraction of sp³-hybridized carbons (Fsp3) is 0.321. The zero-order chi connectivity index (χ0) is 37.5. The third kappa shape index (κ3) is 6.48. The number of hydrogen-bond donors (Lipinski definition) is 0. The average molecular weight is 721 g/mol. The normalized spacial score (nSPS) is 21.4. The van der Waals surface area contributed by atoms with Gasteiger partial charge >= 0.3 is 0 Å². The Labute approximate surface area is 329 Å². The Morgan fingerprint density at radius 3 is 1.25 bits per heavy atom. The number of rotatable bonds is 8. The Morgan fingerprint density at radius 2 is 0.855 bits per heavy atom. The highest BCUT2D eigenvalue weighted by Crippen LogP contribution is 2.56. The molecule has 2 fully saturated rings. The molecule has 2 heteroatoms. The quantitative estimate of drug-likeness (QED) is 0.154. The van der Waals surface area contributed by atoms with Crippen LogP contribution in [0, 0.1) is 25.7 Å². The predicted octanol–water partition coefficient (Wildman–Crippen LogP) is 14.1. The largest absolute Gasteiger partial charge is 0.338 e. The summed E-state index contributed by atoms with van der Waals surface area (Å²) in [6.07, 6.45) is 10.2. The monoisotopic (exact) mass is 720 g/mol. The Kier molecular flexibility index (Phi) is 9.63. The van der Waals surface area contributed by atoms with Crippen LogP contribution in [0.25, 0.3) is 11.1 Å². The lowest BCUT2D eigenvalue weighted by molar-refractivity contribution is 0.341. The molecule has 3 unspecified atom stereocenters. The smallest absolute Gasteiger partial charge is 0.0713 e. The molecule has 9 rings (SSSR count). The maximum atomic E-state index is 2.65. The highest BCUT2D eigenvalue weighted by molar-refractivity contribution is 5.86. The van der Waals surface area contributed by atoms with Crippen molar-refractivity contribution in [3.8, 4) is 11.1 Å². The highest BCUT2D eigenvalue weighted by Gasteiger charge is 2.46. The van der Waals surface area contributed by atoms with Gasteiger partial charge in [-0.2, -0.15) is 0 Å². The number of nitrogens with zero attached hydrogens (tertiary/aromatic N) is 2. The Bertz CT molecular complexity index is 2100. The molecule has 2 nitrogen and oxygen atoms in total. The summed E-state index contributed by atoms with van der Waals surface area (Å²) >= 11 is 0. The summed E-state index contributed by atoms with van der Waals surface area (Å²) in [6.45, 7) is 9.30. The van der Waals surface area contributed by atoms with E-state index in [4.69, 9.17) is 0 Å². The van der Waals surface area contributed by atoms with Gasteiger partial charge in [0.1, 0.15) is 0 Å². The Hall–Kier alpha value is -5.08. The Morgan fingerprint density at radius 1 is 0.436 bits per heavy atom. The maximum Gasteiger partial charge on any atom is 0.0713 e. The van der Waals surface area contributed by atoms with Gasteiger partial charge in [-0.05, 0) is 144 Å². The van der Waals surface area contributed by atoms with Crippen LogP contribution in [0.4, 0.5) is 22.7 Å². The SMILES string of the molecule is Cc1cccc(N(c2ccc(C3(c4ccc(N(c5cccc(C)c5)C5CCC[C@H](C)C5)cc4)c4ccccc4-c4ccccc43)cc2)C2CCCC(C)C2)c1. The van der Waals surface area contributed by atoms with Gasteiger partial charge < -0.3 is 9.80 Å². The van der Waals surface area contributed by atoms with Gasteiger partial charge in [-0.3, -0.25) is 0 Å². The molecule has 278 valence electrons. The summed E-state index contributed by atoms with van der Waals surface area (Å²) in [5, 5.41) is 0. The summed E-state index contributed by atoms with van der Waals surface area (Å²) in [5.74, 6) is 1.48. The van der Waals surface area contributed by atoms with Crippen molar-refractivity contribution in [1.82, 2.24) is 0 Å². The predicted molar refractivity (Wildman–Crippen MR) is 233 cm³/mol. The van der Waals surface area contributed by atoms with Gasteiger partial charge in [0.25, 0.3) is 0 Å². The zero-order valence-electron chi connectivity index (χ0n) is 33.2. The van der Waals surface area contributed by atoms with E-state index in [1.807, 2.05) is 0 Å². The Balaban J connectivity index is 1.18. The number of benzene rings is 6. The fourth-order valence-electron chi connectivity index (χ4n) is 10.7. The lowest BCUT2D eigenvalue weighted by Gasteiger charge is -2.40. The highest BCUT2D eigenvalue weighted by atomic mass is 15.2. The topological polar surface area (TPSA) is 6.48 Å². The van der Waals surface area contributed by atoms with Crippen LogP contribution < -0.4 is 9.80 Å². The minimum atomic E-state index is -0.439. The molecule has 0 saturated heterocycles. The summed E-state index contributed by atoms with van der Waals surface area (Å²) in [5.41, 5.74) is 15.4. The van der Waals surface area contributed by atoms with Crippen molar-refractivity contribution < 1.29 is 0 Å². The number of hydrogen-bond acceptors (Lipinski definition) is 2. The zero-order valence-corrected chi connectivity index (χ0v) is 33.2. The molecule has 0 spiro atoms. The first-order chi connectivity index (χ1) is 26.9.